The van der Waals surface area contributed by atoms with E-state index < -0.39 is 11.8 Å². The van der Waals surface area contributed by atoms with Gasteiger partial charge in [-0.25, -0.2) is 0 Å². The molecular formula is C23H29ClN4O3. The number of carbonyl (C=O) groups is 2. The lowest BCUT2D eigenvalue weighted by atomic mass is 10.0. The molecule has 1 aliphatic rings. The normalized spacial score (nSPS) is 15.2. The van der Waals surface area contributed by atoms with E-state index in [9.17, 15) is 9.59 Å². The van der Waals surface area contributed by atoms with Gasteiger partial charge >= 0.3 is 11.8 Å². The van der Waals surface area contributed by atoms with E-state index in [1.54, 1.807) is 6.07 Å². The van der Waals surface area contributed by atoms with Crippen LogP contribution in [0.3, 0.4) is 0 Å². The van der Waals surface area contributed by atoms with Gasteiger partial charge in [0, 0.05) is 51.0 Å². The molecule has 2 amide bonds. The summed E-state index contributed by atoms with van der Waals surface area (Å²) in [4.78, 5) is 29.0. The summed E-state index contributed by atoms with van der Waals surface area (Å²) in [6.07, 6.45) is 0. The lowest BCUT2D eigenvalue weighted by Crippen LogP contribution is -2.46. The molecule has 7 nitrogen and oxygen atoms in total. The van der Waals surface area contributed by atoms with E-state index in [0.29, 0.717) is 24.8 Å². The van der Waals surface area contributed by atoms with Crippen molar-refractivity contribution in [2.75, 3.05) is 51.8 Å². The Balaban J connectivity index is 1.61. The SMILES string of the molecule is CN(C)c1ccc(C(CNC(=O)C(=O)NCc2ccccc2Cl)N2CCOCC2)cc1. The second-order valence-electron chi connectivity index (χ2n) is 7.63. The van der Waals surface area contributed by atoms with Crippen molar-refractivity contribution in [1.82, 2.24) is 15.5 Å². The third-order valence-corrected chi connectivity index (χ3v) is 5.71. The van der Waals surface area contributed by atoms with Crippen molar-refractivity contribution >= 4 is 29.1 Å². The monoisotopic (exact) mass is 444 g/mol. The minimum absolute atomic E-state index is 0.0413. The van der Waals surface area contributed by atoms with Crippen LogP contribution in [0.15, 0.2) is 48.5 Å². The average molecular weight is 445 g/mol. The van der Waals surface area contributed by atoms with Gasteiger partial charge < -0.3 is 20.3 Å². The summed E-state index contributed by atoms with van der Waals surface area (Å²) < 4.78 is 5.47. The smallest absolute Gasteiger partial charge is 0.309 e. The summed E-state index contributed by atoms with van der Waals surface area (Å²) in [7, 11) is 3.99. The van der Waals surface area contributed by atoms with Gasteiger partial charge in [-0.2, -0.15) is 0 Å². The maximum absolute atomic E-state index is 12.4. The lowest BCUT2D eigenvalue weighted by Gasteiger charge is -2.35. The number of carbonyl (C=O) groups excluding carboxylic acids is 2. The Morgan fingerprint density at radius 1 is 1.03 bits per heavy atom. The molecule has 8 heteroatoms. The van der Waals surface area contributed by atoms with E-state index in [0.717, 1.165) is 29.9 Å². The zero-order valence-corrected chi connectivity index (χ0v) is 18.7. The number of anilines is 1. The number of hydrogen-bond donors (Lipinski definition) is 2. The minimum atomic E-state index is -0.677. The van der Waals surface area contributed by atoms with Crippen LogP contribution in [0.5, 0.6) is 0 Å². The highest BCUT2D eigenvalue weighted by Crippen LogP contribution is 2.24. The topological polar surface area (TPSA) is 73.9 Å². The summed E-state index contributed by atoms with van der Waals surface area (Å²) in [6.45, 7) is 3.38. The van der Waals surface area contributed by atoms with E-state index in [4.69, 9.17) is 16.3 Å². The van der Waals surface area contributed by atoms with Crippen LogP contribution in [-0.2, 0) is 20.9 Å². The highest BCUT2D eigenvalue weighted by molar-refractivity contribution is 6.35. The lowest BCUT2D eigenvalue weighted by molar-refractivity contribution is -0.139. The van der Waals surface area contributed by atoms with Crippen LogP contribution in [0.4, 0.5) is 5.69 Å². The molecular weight excluding hydrogens is 416 g/mol. The molecule has 1 aliphatic heterocycles. The van der Waals surface area contributed by atoms with Crippen molar-refractivity contribution in [2.45, 2.75) is 12.6 Å². The molecule has 0 aliphatic carbocycles. The zero-order chi connectivity index (χ0) is 22.2. The molecule has 1 heterocycles. The van der Waals surface area contributed by atoms with Gasteiger partial charge in [-0.05, 0) is 29.3 Å². The fourth-order valence-corrected chi connectivity index (χ4v) is 3.71. The van der Waals surface area contributed by atoms with E-state index in [-0.39, 0.29) is 12.6 Å². The van der Waals surface area contributed by atoms with Crippen molar-refractivity contribution in [3.8, 4) is 0 Å². The van der Waals surface area contributed by atoms with E-state index >= 15 is 0 Å². The summed E-state index contributed by atoms with van der Waals surface area (Å²) in [6, 6.07) is 15.4. The molecule has 1 saturated heterocycles. The Morgan fingerprint density at radius 3 is 2.32 bits per heavy atom. The van der Waals surface area contributed by atoms with Crippen molar-refractivity contribution < 1.29 is 14.3 Å². The third-order valence-electron chi connectivity index (χ3n) is 5.34. The maximum atomic E-state index is 12.4. The summed E-state index contributed by atoms with van der Waals surface area (Å²) >= 11 is 6.10. The van der Waals surface area contributed by atoms with Gasteiger partial charge in [0.2, 0.25) is 0 Å². The Morgan fingerprint density at radius 2 is 1.68 bits per heavy atom. The molecule has 2 aromatic carbocycles. The number of morpholine rings is 1. The van der Waals surface area contributed by atoms with Crippen LogP contribution in [-0.4, -0.2) is 63.7 Å². The molecule has 0 spiro atoms. The zero-order valence-electron chi connectivity index (χ0n) is 17.9. The van der Waals surface area contributed by atoms with Crippen LogP contribution >= 0.6 is 11.6 Å². The minimum Gasteiger partial charge on any atom is -0.379 e. The quantitative estimate of drug-likeness (QED) is 0.640. The van der Waals surface area contributed by atoms with Crippen molar-refractivity contribution in [1.29, 1.82) is 0 Å². The van der Waals surface area contributed by atoms with Gasteiger partial charge in [0.1, 0.15) is 0 Å². The summed E-state index contributed by atoms with van der Waals surface area (Å²) in [5.41, 5.74) is 2.95. The van der Waals surface area contributed by atoms with Gasteiger partial charge in [-0.3, -0.25) is 14.5 Å². The molecule has 3 rings (SSSR count). The van der Waals surface area contributed by atoms with Crippen LogP contribution < -0.4 is 15.5 Å². The van der Waals surface area contributed by atoms with Crippen molar-refractivity contribution in [3.63, 3.8) is 0 Å². The summed E-state index contributed by atoms with van der Waals surface area (Å²) in [5, 5.41) is 5.97. The number of amides is 2. The van der Waals surface area contributed by atoms with E-state index in [1.807, 2.05) is 37.2 Å². The largest absolute Gasteiger partial charge is 0.379 e. The number of nitrogens with one attached hydrogen (secondary N) is 2. The molecule has 1 atom stereocenters. The Kier molecular flexibility index (Phi) is 8.28. The predicted molar refractivity (Wildman–Crippen MR) is 122 cm³/mol. The first-order valence-electron chi connectivity index (χ1n) is 10.3. The predicted octanol–water partition coefficient (Wildman–Crippen LogP) is 2.21. The summed E-state index contributed by atoms with van der Waals surface area (Å²) in [5.74, 6) is -1.33. The Bertz CT molecular complexity index is 883. The van der Waals surface area contributed by atoms with Gasteiger partial charge in [0.05, 0.1) is 19.3 Å². The number of hydrogen-bond acceptors (Lipinski definition) is 5. The first kappa shape index (κ1) is 23.1. The standard InChI is InChI=1S/C23H29ClN4O3/c1-27(2)19-9-7-17(8-10-19)21(28-11-13-31-14-12-28)16-26-23(30)22(29)25-15-18-5-3-4-6-20(18)24/h3-10,21H,11-16H2,1-2H3,(H,25,29)(H,26,30). The number of ether oxygens (including phenoxy) is 1. The second kappa shape index (κ2) is 11.1. The van der Waals surface area contributed by atoms with Crippen LogP contribution in [0.2, 0.25) is 5.02 Å². The van der Waals surface area contributed by atoms with Gasteiger partial charge in [0.15, 0.2) is 0 Å². The first-order chi connectivity index (χ1) is 15.0. The molecule has 0 radical (unpaired) electrons. The van der Waals surface area contributed by atoms with Gasteiger partial charge in [-0.1, -0.05) is 41.9 Å². The molecule has 1 unspecified atom stereocenters. The number of halogens is 1. The Labute approximate surface area is 188 Å². The van der Waals surface area contributed by atoms with Gasteiger partial charge in [-0.15, -0.1) is 0 Å². The van der Waals surface area contributed by atoms with Gasteiger partial charge in [0.25, 0.3) is 0 Å². The van der Waals surface area contributed by atoms with Crippen LogP contribution in [0.25, 0.3) is 0 Å². The van der Waals surface area contributed by atoms with Crippen LogP contribution in [0.1, 0.15) is 17.2 Å². The molecule has 31 heavy (non-hydrogen) atoms. The molecule has 166 valence electrons. The number of benzene rings is 2. The van der Waals surface area contributed by atoms with Crippen molar-refractivity contribution in [3.05, 3.63) is 64.7 Å². The number of nitrogens with zero attached hydrogens (tertiary/aromatic N) is 2. The average Bonchev–Trinajstić information content (AvgIpc) is 2.79. The molecule has 1 fully saturated rings. The molecule has 2 N–H and O–H groups in total. The third kappa shape index (κ3) is 6.43. The van der Waals surface area contributed by atoms with E-state index in [2.05, 4.69) is 39.8 Å². The molecule has 0 bridgehead atoms. The Hall–Kier alpha value is -2.61. The molecule has 0 saturated carbocycles. The number of rotatable bonds is 7. The maximum Gasteiger partial charge on any atom is 0.309 e. The van der Waals surface area contributed by atoms with Crippen LogP contribution in [0, 0.1) is 0 Å². The fraction of sp³-hybridized carbons (Fsp3) is 0.391. The fourth-order valence-electron chi connectivity index (χ4n) is 3.51. The second-order valence-corrected chi connectivity index (χ2v) is 8.04. The molecule has 0 aromatic heterocycles. The highest BCUT2D eigenvalue weighted by atomic mass is 35.5. The van der Waals surface area contributed by atoms with E-state index in [1.165, 1.54) is 0 Å². The first-order valence-corrected chi connectivity index (χ1v) is 10.7. The highest BCUT2D eigenvalue weighted by Gasteiger charge is 2.24. The van der Waals surface area contributed by atoms with Crippen molar-refractivity contribution in [2.24, 2.45) is 0 Å². The molecule has 2 aromatic rings.